The van der Waals surface area contributed by atoms with E-state index in [0.717, 1.165) is 99.3 Å². The minimum absolute atomic E-state index is 0.0201. The Morgan fingerprint density at radius 1 is 0.340 bits per heavy atom. The minimum Gasteiger partial charge on any atom is -0.508 e. The van der Waals surface area contributed by atoms with E-state index in [1.54, 1.807) is 61.9 Å². The van der Waals surface area contributed by atoms with Crippen molar-refractivity contribution >= 4 is 11.1 Å². The fourth-order valence-corrected chi connectivity index (χ4v) is 14.8. The zero-order valence-electron chi connectivity index (χ0n) is 64.5. The molecule has 12 rings (SSSR count). The van der Waals surface area contributed by atoms with Crippen molar-refractivity contribution in [3.05, 3.63) is 208 Å². The summed E-state index contributed by atoms with van der Waals surface area (Å²) in [6.45, 7) is 19.0. The van der Waals surface area contributed by atoms with Crippen LogP contribution in [0.3, 0.4) is 0 Å². The fraction of sp³-hybridized carbons (Fsp3) is 0.524. The van der Waals surface area contributed by atoms with Crippen LogP contribution in [0.4, 0.5) is 0 Å². The molecule has 0 saturated carbocycles. The Labute approximate surface area is 615 Å². The molecule has 566 valence electrons. The summed E-state index contributed by atoms with van der Waals surface area (Å²) in [5, 5.41) is 49.9. The summed E-state index contributed by atoms with van der Waals surface area (Å²) in [5.74, 6) is 2.29. The molecule has 0 amide bonds. The monoisotopic (exact) mass is 1420 g/mol. The summed E-state index contributed by atoms with van der Waals surface area (Å²) in [6.07, 6.45) is 3.39. The second-order valence-electron chi connectivity index (χ2n) is 28.6. The number of piperidine rings is 4. The third-order valence-corrected chi connectivity index (χ3v) is 20.5. The molecule has 14 atom stereocenters. The first kappa shape index (κ1) is 83.8. The van der Waals surface area contributed by atoms with E-state index >= 15 is 0 Å². The van der Waals surface area contributed by atoms with Gasteiger partial charge in [0.1, 0.15) is 17.2 Å². The van der Waals surface area contributed by atoms with Crippen molar-refractivity contribution in [1.29, 1.82) is 0 Å². The Morgan fingerprint density at radius 3 is 1.01 bits per heavy atom. The molecular weight excluding hydrogens is 1300 g/mol. The summed E-state index contributed by atoms with van der Waals surface area (Å²) < 4.78 is 44.1. The number of phenols is 1. The molecule has 6 heterocycles. The number of nitrogens with zero attached hydrogens (tertiary/aromatic N) is 6. The molecule has 0 spiro atoms. The summed E-state index contributed by atoms with van der Waals surface area (Å²) >= 11 is 0. The highest BCUT2D eigenvalue weighted by atomic mass is 16.5. The maximum absolute atomic E-state index is 10.3. The number of aliphatic hydroxyl groups is 4. The first-order valence-electron chi connectivity index (χ1n) is 36.2. The largest absolute Gasteiger partial charge is 0.508 e. The summed E-state index contributed by atoms with van der Waals surface area (Å²) in [6, 6.07) is 48.5. The summed E-state index contributed by atoms with van der Waals surface area (Å²) in [5.41, 5.74) is 13.1. The highest BCUT2D eigenvalue weighted by Crippen LogP contribution is 2.36. The van der Waals surface area contributed by atoms with Crippen molar-refractivity contribution in [1.82, 2.24) is 29.4 Å². The number of hydrogen-bond acceptors (Lipinski definition) is 19. The van der Waals surface area contributed by atoms with E-state index in [4.69, 9.17) is 37.9 Å². The van der Waals surface area contributed by atoms with Crippen LogP contribution in [0.5, 0.6) is 17.2 Å². The number of aryl methyl sites for hydroxylation is 3. The van der Waals surface area contributed by atoms with Gasteiger partial charge in [-0.3, -0.25) is 9.80 Å². The summed E-state index contributed by atoms with van der Waals surface area (Å²) in [4.78, 5) is 12.9. The lowest BCUT2D eigenvalue weighted by atomic mass is 9.84. The number of phenolic OH excluding ortho intramolecular Hbond substituents is 1. The molecule has 6 aromatic carbocycles. The highest BCUT2D eigenvalue weighted by molar-refractivity contribution is 5.71. The van der Waals surface area contributed by atoms with E-state index < -0.39 is 12.2 Å². The first-order chi connectivity index (χ1) is 49.4. The van der Waals surface area contributed by atoms with Crippen LogP contribution in [0.1, 0.15) is 80.7 Å². The van der Waals surface area contributed by atoms with Gasteiger partial charge in [0.05, 0.1) is 75.3 Å². The molecule has 14 unspecified atom stereocenters. The van der Waals surface area contributed by atoms with Gasteiger partial charge in [-0.1, -0.05) is 138 Å². The Bertz CT molecular complexity index is 3360. The number of likely N-dealkylation sites (N-methyl/N-ethyl adjacent to an activating group) is 6. The molecule has 0 aromatic heterocycles. The molecule has 5 N–H and O–H groups in total. The predicted molar refractivity (Wildman–Crippen MR) is 413 cm³/mol. The van der Waals surface area contributed by atoms with E-state index in [1.807, 2.05) is 83.6 Å². The molecule has 4 fully saturated rings. The lowest BCUT2D eigenvalue weighted by Gasteiger charge is -2.41. The van der Waals surface area contributed by atoms with Crippen LogP contribution in [0.2, 0.25) is 0 Å². The van der Waals surface area contributed by atoms with E-state index in [2.05, 4.69) is 161 Å². The summed E-state index contributed by atoms with van der Waals surface area (Å²) in [7, 11) is 24.2. The fourth-order valence-electron chi connectivity index (χ4n) is 14.8. The number of rotatable bonds is 15. The Morgan fingerprint density at radius 2 is 0.650 bits per heavy atom. The van der Waals surface area contributed by atoms with Gasteiger partial charge in [-0.2, -0.15) is 0 Å². The number of likely N-dealkylation sites (tertiary alicyclic amines) is 4. The van der Waals surface area contributed by atoms with Gasteiger partial charge in [0.15, 0.2) is 0 Å². The maximum atomic E-state index is 10.3. The highest BCUT2D eigenvalue weighted by Gasteiger charge is 2.40. The van der Waals surface area contributed by atoms with Gasteiger partial charge in [0, 0.05) is 144 Å². The zero-order chi connectivity index (χ0) is 74.9. The van der Waals surface area contributed by atoms with Gasteiger partial charge in [0.2, 0.25) is 0 Å². The SMILES string of the molecule is CCOC1CN(C)CC(OC)C1c1ccc(OC)cc1.COC1CN(C)CC(O)C1c1ccc(C)cc1.COC1CN(C)CC(O)C1c1ccc(O)cc1.COC1CN(C)CC=C1c1ccc(C)cc1.COc1ccc(C2C(O)CN(C)CC2OC)cc1.Cc1ccc(C2=CCN(C)CC2O)cc1. The van der Waals surface area contributed by atoms with Crippen molar-refractivity contribution in [2.24, 2.45) is 0 Å². The Balaban J connectivity index is 0.000000173. The molecule has 6 aliphatic heterocycles. The predicted octanol–water partition coefficient (Wildman–Crippen LogP) is 9.46. The van der Waals surface area contributed by atoms with E-state index in [1.165, 1.54) is 39.0 Å². The van der Waals surface area contributed by atoms with Crippen LogP contribution < -0.4 is 9.47 Å². The number of hydrogen-bond donors (Lipinski definition) is 5. The molecule has 0 radical (unpaired) electrons. The number of β-amino-alcohol motifs (C(OH)–C–C–N with tert-alkyl or cyclic N) is 4. The molecule has 19 nitrogen and oxygen atoms in total. The average molecular weight is 1420 g/mol. The van der Waals surface area contributed by atoms with Gasteiger partial charge in [-0.25, -0.2) is 0 Å². The molecule has 6 aromatic rings. The Hall–Kier alpha value is -6.44. The van der Waals surface area contributed by atoms with Crippen molar-refractivity contribution in [3.8, 4) is 17.2 Å². The van der Waals surface area contributed by atoms with Crippen molar-refractivity contribution in [2.75, 3.05) is 177 Å². The zero-order valence-corrected chi connectivity index (χ0v) is 64.5. The van der Waals surface area contributed by atoms with E-state index in [9.17, 15) is 25.5 Å². The number of methoxy groups -OCH3 is 7. The molecule has 19 heteroatoms. The van der Waals surface area contributed by atoms with E-state index in [-0.39, 0.29) is 78.3 Å². The standard InChI is InChI=1S/C16H25NO3.C14H21NO3.C14H21NO2.C14H19NO.C13H19NO3.C13H17NO/c1-5-20-15-11-17(2)10-14(19-4)16(15)12-6-8-13(18-3)9-7-12;1-15-8-12(16)14(13(9-15)18-3)10-4-6-11(17-2)7-5-10;1-10-4-6-11(7-5-10)14-12(16)8-15(2)9-13(14)17-3;1-11-4-6-12(7-5-11)13-8-9-15(2)10-14(13)16-3;1-14-7-11(16)13(12(8-14)17-2)9-3-5-10(15)6-4-9;1-10-3-5-11(6-4-10)12-7-8-14(2)9-13(12)15/h6-9,14-16H,5,10-11H2,1-4H3;4-7,12-14,16H,8-9H2,1-3H3;4-7,12-14,16H,8-9H2,1-3H3;4-8,14H,9-10H2,1-3H3;3-6,11-13,15-16H,7-8H2,1-2H3;3-7,13,15H,8-9H2,1-2H3. The smallest absolute Gasteiger partial charge is 0.118 e. The molecular formula is C84H122N6O13. The number of benzene rings is 6. The van der Waals surface area contributed by atoms with Gasteiger partial charge in [-0.15, -0.1) is 0 Å². The molecule has 0 aliphatic carbocycles. The molecule has 6 aliphatic rings. The molecule has 4 saturated heterocycles. The average Bonchev–Trinajstić information content (AvgIpc) is 0.827. The van der Waals surface area contributed by atoms with Crippen LogP contribution in [-0.2, 0) is 28.4 Å². The normalized spacial score (nSPS) is 27.2. The lowest BCUT2D eigenvalue weighted by Crippen LogP contribution is -2.51. The van der Waals surface area contributed by atoms with Crippen LogP contribution in [-0.4, -0.2) is 293 Å². The van der Waals surface area contributed by atoms with Crippen LogP contribution in [0.15, 0.2) is 158 Å². The van der Waals surface area contributed by atoms with Crippen molar-refractivity contribution in [3.63, 3.8) is 0 Å². The first-order valence-corrected chi connectivity index (χ1v) is 36.2. The second kappa shape index (κ2) is 42.0. The number of aromatic hydroxyl groups is 1. The number of ether oxygens (including phenoxy) is 8. The van der Waals surface area contributed by atoms with Gasteiger partial charge in [0.25, 0.3) is 0 Å². The van der Waals surface area contributed by atoms with Crippen LogP contribution in [0, 0.1) is 20.8 Å². The molecule has 103 heavy (non-hydrogen) atoms. The number of aliphatic hydroxyl groups excluding tert-OH is 4. The van der Waals surface area contributed by atoms with Gasteiger partial charge < -0.3 is 83.0 Å². The van der Waals surface area contributed by atoms with Gasteiger partial charge in [-0.05, 0) is 151 Å². The minimum atomic E-state index is -0.441. The van der Waals surface area contributed by atoms with Gasteiger partial charge >= 0.3 is 0 Å². The van der Waals surface area contributed by atoms with Crippen LogP contribution >= 0.6 is 0 Å². The van der Waals surface area contributed by atoms with Crippen LogP contribution in [0.25, 0.3) is 11.1 Å². The lowest BCUT2D eigenvalue weighted by molar-refractivity contribution is -0.0698. The third-order valence-electron chi connectivity index (χ3n) is 20.5. The topological polar surface area (TPSA) is 194 Å². The maximum Gasteiger partial charge on any atom is 0.118 e. The Kier molecular flexibility index (Phi) is 34.2. The van der Waals surface area contributed by atoms with Crippen molar-refractivity contribution in [2.45, 2.75) is 112 Å². The quantitative estimate of drug-likeness (QED) is 0.0652. The van der Waals surface area contributed by atoms with E-state index in [0.29, 0.717) is 19.6 Å². The third kappa shape index (κ3) is 24.6. The van der Waals surface area contributed by atoms with Crippen molar-refractivity contribution < 1.29 is 63.4 Å². The molecule has 0 bridgehead atoms. The second-order valence-corrected chi connectivity index (χ2v) is 28.6.